The first-order valence-corrected chi connectivity index (χ1v) is 5.85. The van der Waals surface area contributed by atoms with E-state index in [1.165, 1.54) is 19.0 Å². The molecule has 0 bridgehead atoms. The minimum Gasteiger partial charge on any atom is -0.337 e. The molecular formula is C13H15N3O. The predicted octanol–water partition coefficient (Wildman–Crippen LogP) is 1.97. The number of pyridine rings is 1. The molecule has 1 aromatic heterocycles. The third-order valence-corrected chi connectivity index (χ3v) is 3.30. The molecule has 0 aliphatic heterocycles. The molecule has 1 aliphatic carbocycles. The second-order valence-electron chi connectivity index (χ2n) is 4.40. The molecule has 1 aromatic rings. The van der Waals surface area contributed by atoms with E-state index in [2.05, 4.69) is 4.98 Å². The summed E-state index contributed by atoms with van der Waals surface area (Å²) in [7, 11) is 1.83. The Hall–Kier alpha value is -1.89. The fourth-order valence-electron chi connectivity index (χ4n) is 2.22. The number of carbonyl (C=O) groups excluding carboxylic acids is 1. The number of hydrogen-bond donors (Lipinski definition) is 0. The predicted molar refractivity (Wildman–Crippen MR) is 63.3 cm³/mol. The van der Waals surface area contributed by atoms with Gasteiger partial charge in [-0.15, -0.1) is 0 Å². The van der Waals surface area contributed by atoms with Gasteiger partial charge in [-0.3, -0.25) is 4.79 Å². The van der Waals surface area contributed by atoms with Gasteiger partial charge in [-0.05, 0) is 25.0 Å². The molecule has 0 unspecified atom stereocenters. The Morgan fingerprint density at radius 3 is 2.71 bits per heavy atom. The molecule has 1 fully saturated rings. The van der Waals surface area contributed by atoms with Crippen LogP contribution in [-0.2, 0) is 0 Å². The third kappa shape index (κ3) is 2.44. The summed E-state index contributed by atoms with van der Waals surface area (Å²) < 4.78 is 0. The number of aromatic nitrogens is 1. The van der Waals surface area contributed by atoms with Crippen LogP contribution in [0.3, 0.4) is 0 Å². The van der Waals surface area contributed by atoms with Crippen molar-refractivity contribution in [2.75, 3.05) is 7.05 Å². The Balaban J connectivity index is 2.10. The quantitative estimate of drug-likeness (QED) is 0.779. The van der Waals surface area contributed by atoms with E-state index < -0.39 is 0 Å². The highest BCUT2D eigenvalue weighted by molar-refractivity contribution is 5.92. The van der Waals surface area contributed by atoms with Crippen molar-refractivity contribution in [2.24, 2.45) is 0 Å². The number of amides is 1. The largest absolute Gasteiger partial charge is 0.337 e. The summed E-state index contributed by atoms with van der Waals surface area (Å²) in [6.45, 7) is 0. The van der Waals surface area contributed by atoms with Crippen LogP contribution in [0.25, 0.3) is 0 Å². The van der Waals surface area contributed by atoms with E-state index in [9.17, 15) is 4.79 Å². The molecule has 4 heteroatoms. The van der Waals surface area contributed by atoms with Crippen molar-refractivity contribution in [2.45, 2.75) is 31.7 Å². The lowest BCUT2D eigenvalue weighted by Gasteiger charge is -2.23. The second kappa shape index (κ2) is 4.96. The van der Waals surface area contributed by atoms with Crippen LogP contribution in [0, 0.1) is 11.3 Å². The molecule has 0 radical (unpaired) electrons. The molecule has 88 valence electrons. The minimum absolute atomic E-state index is 0.0543. The molecule has 1 heterocycles. The minimum atomic E-state index is -0.0543. The number of rotatable bonds is 2. The van der Waals surface area contributed by atoms with Crippen LogP contribution in [0.1, 0.15) is 41.7 Å². The monoisotopic (exact) mass is 229 g/mol. The Morgan fingerprint density at radius 1 is 1.47 bits per heavy atom. The van der Waals surface area contributed by atoms with E-state index in [4.69, 9.17) is 5.26 Å². The molecule has 1 amide bonds. The third-order valence-electron chi connectivity index (χ3n) is 3.30. The Labute approximate surface area is 101 Å². The first kappa shape index (κ1) is 11.6. The average Bonchev–Trinajstić information content (AvgIpc) is 2.91. The van der Waals surface area contributed by atoms with E-state index >= 15 is 0 Å². The van der Waals surface area contributed by atoms with Gasteiger partial charge in [0.2, 0.25) is 0 Å². The fourth-order valence-corrected chi connectivity index (χ4v) is 2.22. The van der Waals surface area contributed by atoms with E-state index in [-0.39, 0.29) is 5.91 Å². The smallest absolute Gasteiger partial charge is 0.272 e. The van der Waals surface area contributed by atoms with Crippen LogP contribution in [-0.4, -0.2) is 28.9 Å². The molecule has 1 aliphatic rings. The molecule has 2 rings (SSSR count). The van der Waals surface area contributed by atoms with Crippen LogP contribution in [0.4, 0.5) is 0 Å². The maximum atomic E-state index is 12.1. The van der Waals surface area contributed by atoms with Crippen molar-refractivity contribution in [1.82, 2.24) is 9.88 Å². The van der Waals surface area contributed by atoms with Gasteiger partial charge in [-0.1, -0.05) is 12.8 Å². The highest BCUT2D eigenvalue weighted by atomic mass is 16.2. The molecule has 1 saturated carbocycles. The van der Waals surface area contributed by atoms with Crippen molar-refractivity contribution in [3.05, 3.63) is 29.6 Å². The topological polar surface area (TPSA) is 57.0 Å². The van der Waals surface area contributed by atoms with Crippen LogP contribution >= 0.6 is 0 Å². The summed E-state index contributed by atoms with van der Waals surface area (Å²) in [4.78, 5) is 17.9. The number of nitrogens with zero attached hydrogens (tertiary/aromatic N) is 3. The van der Waals surface area contributed by atoms with Gasteiger partial charge in [0.05, 0.1) is 5.56 Å². The van der Waals surface area contributed by atoms with E-state index in [0.29, 0.717) is 17.3 Å². The van der Waals surface area contributed by atoms with Crippen LogP contribution in [0.2, 0.25) is 0 Å². The number of hydrogen-bond acceptors (Lipinski definition) is 3. The van der Waals surface area contributed by atoms with Crippen molar-refractivity contribution in [1.29, 1.82) is 5.26 Å². The Kier molecular flexibility index (Phi) is 3.38. The molecule has 0 saturated heterocycles. The van der Waals surface area contributed by atoms with Gasteiger partial charge < -0.3 is 4.90 Å². The van der Waals surface area contributed by atoms with E-state index in [0.717, 1.165) is 12.8 Å². The normalized spacial score (nSPS) is 15.5. The summed E-state index contributed by atoms with van der Waals surface area (Å²) in [6.07, 6.45) is 6.00. The van der Waals surface area contributed by atoms with Gasteiger partial charge in [-0.2, -0.15) is 5.26 Å². The maximum absolute atomic E-state index is 12.1. The molecule has 0 N–H and O–H groups in total. The molecule has 4 nitrogen and oxygen atoms in total. The van der Waals surface area contributed by atoms with Crippen molar-refractivity contribution in [3.8, 4) is 6.07 Å². The van der Waals surface area contributed by atoms with Crippen LogP contribution in [0.5, 0.6) is 0 Å². The number of carbonyl (C=O) groups is 1. The first-order chi connectivity index (χ1) is 8.22. The molecule has 0 aromatic carbocycles. The summed E-state index contributed by atoms with van der Waals surface area (Å²) in [5.41, 5.74) is 0.892. The van der Waals surface area contributed by atoms with Gasteiger partial charge in [-0.25, -0.2) is 4.98 Å². The van der Waals surface area contributed by atoms with Gasteiger partial charge in [0, 0.05) is 19.3 Å². The summed E-state index contributed by atoms with van der Waals surface area (Å²) >= 11 is 0. The summed E-state index contributed by atoms with van der Waals surface area (Å²) in [5, 5.41) is 8.66. The SMILES string of the molecule is CN(C(=O)c1ccc(C#N)cn1)C1CCCC1. The van der Waals surface area contributed by atoms with E-state index in [1.54, 1.807) is 17.0 Å². The molecule has 17 heavy (non-hydrogen) atoms. The maximum Gasteiger partial charge on any atom is 0.272 e. The average molecular weight is 229 g/mol. The lowest BCUT2D eigenvalue weighted by atomic mass is 10.2. The first-order valence-electron chi connectivity index (χ1n) is 5.85. The second-order valence-corrected chi connectivity index (χ2v) is 4.40. The van der Waals surface area contributed by atoms with E-state index in [1.807, 2.05) is 13.1 Å². The van der Waals surface area contributed by atoms with Crippen molar-refractivity contribution in [3.63, 3.8) is 0 Å². The Bertz CT molecular complexity index is 441. The van der Waals surface area contributed by atoms with Crippen LogP contribution in [0.15, 0.2) is 18.3 Å². The van der Waals surface area contributed by atoms with Gasteiger partial charge in [0.15, 0.2) is 0 Å². The zero-order valence-corrected chi connectivity index (χ0v) is 9.89. The van der Waals surface area contributed by atoms with Gasteiger partial charge in [0.25, 0.3) is 5.91 Å². The van der Waals surface area contributed by atoms with Gasteiger partial charge in [0.1, 0.15) is 11.8 Å². The Morgan fingerprint density at radius 2 is 2.18 bits per heavy atom. The van der Waals surface area contributed by atoms with Crippen molar-refractivity contribution >= 4 is 5.91 Å². The standard InChI is InChI=1S/C13H15N3O/c1-16(11-4-2-3-5-11)13(17)12-7-6-10(8-14)9-15-12/h6-7,9,11H,2-5H2,1H3. The number of nitriles is 1. The summed E-state index contributed by atoms with van der Waals surface area (Å²) in [6, 6.07) is 5.58. The summed E-state index contributed by atoms with van der Waals surface area (Å²) in [5.74, 6) is -0.0543. The lowest BCUT2D eigenvalue weighted by molar-refractivity contribution is 0.0729. The highest BCUT2D eigenvalue weighted by Gasteiger charge is 2.24. The molecule has 0 spiro atoms. The fraction of sp³-hybridized carbons (Fsp3) is 0.462. The zero-order chi connectivity index (χ0) is 12.3. The van der Waals surface area contributed by atoms with Gasteiger partial charge >= 0.3 is 0 Å². The molecular weight excluding hydrogens is 214 g/mol. The zero-order valence-electron chi connectivity index (χ0n) is 9.89. The van der Waals surface area contributed by atoms with Crippen molar-refractivity contribution < 1.29 is 4.79 Å². The highest BCUT2D eigenvalue weighted by Crippen LogP contribution is 2.23. The van der Waals surface area contributed by atoms with Crippen LogP contribution < -0.4 is 0 Å². The lowest BCUT2D eigenvalue weighted by Crippen LogP contribution is -2.35. The molecule has 0 atom stereocenters.